The van der Waals surface area contributed by atoms with Crippen LogP contribution in [0.25, 0.3) is 33.1 Å². The highest BCUT2D eigenvalue weighted by molar-refractivity contribution is 5.99. The van der Waals surface area contributed by atoms with Crippen molar-refractivity contribution in [1.29, 1.82) is 0 Å². The van der Waals surface area contributed by atoms with Crippen LogP contribution in [-0.4, -0.2) is 87.8 Å². The Balaban J connectivity index is 1.29. The average Bonchev–Trinajstić information content (AvgIpc) is 3.72. The minimum Gasteiger partial charge on any atom is -0.461 e. The first-order valence-electron chi connectivity index (χ1n) is 15.8. The number of benzene rings is 1. The Hall–Kier alpha value is -3.70. The molecular formula is C33H37F2N7O2. The predicted octanol–water partition coefficient (Wildman–Crippen LogP) is 5.32. The van der Waals surface area contributed by atoms with Crippen molar-refractivity contribution in [1.82, 2.24) is 30.0 Å². The minimum absolute atomic E-state index is 0.118. The molecule has 5 aliphatic rings. The van der Waals surface area contributed by atoms with Crippen molar-refractivity contribution >= 4 is 27.6 Å². The quantitative estimate of drug-likeness (QED) is 0.316. The third-order valence-electron chi connectivity index (χ3n) is 10.1. The fourth-order valence-electron chi connectivity index (χ4n) is 7.92. The van der Waals surface area contributed by atoms with Gasteiger partial charge in [-0.05, 0) is 68.7 Å². The van der Waals surface area contributed by atoms with E-state index < -0.39 is 12.0 Å². The second-order valence-electron chi connectivity index (χ2n) is 12.9. The van der Waals surface area contributed by atoms with Crippen LogP contribution in [0.1, 0.15) is 43.2 Å². The van der Waals surface area contributed by atoms with Gasteiger partial charge in [-0.25, -0.2) is 8.78 Å². The number of pyridine rings is 1. The van der Waals surface area contributed by atoms with E-state index >= 15 is 4.39 Å². The van der Waals surface area contributed by atoms with E-state index in [1.807, 2.05) is 19.1 Å². The first kappa shape index (κ1) is 27.8. The molecule has 3 fully saturated rings. The lowest BCUT2D eigenvalue weighted by atomic mass is 9.92. The van der Waals surface area contributed by atoms with Crippen LogP contribution in [0, 0.1) is 18.7 Å². The molecule has 5 aliphatic heterocycles. The molecule has 0 radical (unpaired) electrons. The number of hydrogen-bond donors (Lipinski definition) is 1. The van der Waals surface area contributed by atoms with Gasteiger partial charge in [0, 0.05) is 43.2 Å². The smallest absolute Gasteiger partial charge is 0.319 e. The number of nitrogens with zero attached hydrogens (tertiary/aromatic N) is 6. The SMILES string of the molecule is Cc1cc2[nH]ncc2c2c1C/C=C/COC[C@@H]1CCCN(C1)c1nc(OC[C@@]34CCCN3C[C@H](F)C4)nc3c(F)c-2ncc13. The number of ether oxygens (including phenoxy) is 2. The van der Waals surface area contributed by atoms with Crippen LogP contribution in [0.4, 0.5) is 14.6 Å². The summed E-state index contributed by atoms with van der Waals surface area (Å²) >= 11 is 0. The molecule has 0 unspecified atom stereocenters. The zero-order chi connectivity index (χ0) is 29.8. The molecule has 0 aliphatic carbocycles. The number of piperidine rings is 1. The molecule has 0 spiro atoms. The summed E-state index contributed by atoms with van der Waals surface area (Å²) in [5.74, 6) is 0.427. The third-order valence-corrected chi connectivity index (χ3v) is 10.1. The van der Waals surface area contributed by atoms with Gasteiger partial charge in [0.25, 0.3) is 0 Å². The van der Waals surface area contributed by atoms with Crippen molar-refractivity contribution in [3.05, 3.63) is 47.6 Å². The largest absolute Gasteiger partial charge is 0.461 e. The number of allylic oxidation sites excluding steroid dienone is 1. The minimum atomic E-state index is -0.865. The van der Waals surface area contributed by atoms with Crippen molar-refractivity contribution in [3.63, 3.8) is 0 Å². The molecule has 3 saturated heterocycles. The predicted molar refractivity (Wildman–Crippen MR) is 164 cm³/mol. The molecule has 3 aromatic heterocycles. The van der Waals surface area contributed by atoms with E-state index in [0.717, 1.165) is 67.3 Å². The zero-order valence-corrected chi connectivity index (χ0v) is 25.0. The lowest BCUT2D eigenvalue weighted by molar-refractivity contribution is 0.107. The second-order valence-corrected chi connectivity index (χ2v) is 12.9. The summed E-state index contributed by atoms with van der Waals surface area (Å²) in [5, 5.41) is 8.65. The number of aromatic nitrogens is 5. The van der Waals surface area contributed by atoms with Crippen LogP contribution in [0.15, 0.2) is 30.6 Å². The molecule has 11 heteroatoms. The highest BCUT2D eigenvalue weighted by atomic mass is 19.1. The van der Waals surface area contributed by atoms with Gasteiger partial charge < -0.3 is 14.4 Å². The molecule has 8 heterocycles. The van der Waals surface area contributed by atoms with Crippen LogP contribution in [0.5, 0.6) is 6.01 Å². The first-order chi connectivity index (χ1) is 21.5. The fourth-order valence-corrected chi connectivity index (χ4v) is 7.92. The lowest BCUT2D eigenvalue weighted by Gasteiger charge is -2.34. The third kappa shape index (κ3) is 4.72. The average molecular weight is 602 g/mol. The Morgan fingerprint density at radius 2 is 2.07 bits per heavy atom. The van der Waals surface area contributed by atoms with Crippen molar-refractivity contribution in [2.45, 2.75) is 57.2 Å². The maximum atomic E-state index is 17.0. The molecule has 1 aromatic carbocycles. The maximum Gasteiger partial charge on any atom is 0.319 e. The Labute approximate surface area is 254 Å². The van der Waals surface area contributed by atoms with Crippen LogP contribution in [0.2, 0.25) is 0 Å². The molecule has 4 aromatic rings. The van der Waals surface area contributed by atoms with E-state index in [1.165, 1.54) is 0 Å². The normalized spacial score (nSPS) is 26.5. The number of fused-ring (bicyclic) bond motifs is 7. The van der Waals surface area contributed by atoms with E-state index in [9.17, 15) is 4.39 Å². The summed E-state index contributed by atoms with van der Waals surface area (Å²) in [6.07, 6.45) is 11.6. The summed E-state index contributed by atoms with van der Waals surface area (Å²) in [4.78, 5) is 18.7. The van der Waals surface area contributed by atoms with Gasteiger partial charge in [-0.15, -0.1) is 0 Å². The highest BCUT2D eigenvalue weighted by Crippen LogP contribution is 2.42. The van der Waals surface area contributed by atoms with Crippen molar-refractivity contribution < 1.29 is 18.3 Å². The number of anilines is 1. The number of aryl methyl sites for hydroxylation is 1. The Morgan fingerprint density at radius 1 is 1.14 bits per heavy atom. The molecule has 6 bridgehead atoms. The molecule has 0 amide bonds. The second kappa shape index (κ2) is 11.0. The Morgan fingerprint density at radius 3 is 3.00 bits per heavy atom. The monoisotopic (exact) mass is 601 g/mol. The van der Waals surface area contributed by atoms with Gasteiger partial charge in [-0.1, -0.05) is 12.2 Å². The van der Waals surface area contributed by atoms with E-state index in [-0.39, 0.29) is 29.4 Å². The summed E-state index contributed by atoms with van der Waals surface area (Å²) in [6, 6.07) is 2.16. The van der Waals surface area contributed by atoms with Gasteiger partial charge in [0.05, 0.1) is 35.9 Å². The maximum absolute atomic E-state index is 17.0. The molecule has 1 N–H and O–H groups in total. The number of halogens is 2. The number of alkyl halides is 1. The van der Waals surface area contributed by atoms with E-state index in [0.29, 0.717) is 55.3 Å². The zero-order valence-electron chi connectivity index (χ0n) is 25.0. The van der Waals surface area contributed by atoms with Crippen LogP contribution < -0.4 is 9.64 Å². The molecule has 0 saturated carbocycles. The van der Waals surface area contributed by atoms with Crippen LogP contribution in [0.3, 0.4) is 0 Å². The van der Waals surface area contributed by atoms with E-state index in [2.05, 4.69) is 26.1 Å². The molecule has 9 nitrogen and oxygen atoms in total. The molecule has 230 valence electrons. The summed E-state index contributed by atoms with van der Waals surface area (Å²) in [6.45, 7) is 6.28. The Bertz CT molecular complexity index is 1760. The van der Waals surface area contributed by atoms with Gasteiger partial charge in [0.15, 0.2) is 5.82 Å². The van der Waals surface area contributed by atoms with E-state index in [1.54, 1.807) is 12.4 Å². The number of H-pyrrole nitrogens is 1. The topological polar surface area (TPSA) is 92.3 Å². The van der Waals surface area contributed by atoms with E-state index in [4.69, 9.17) is 24.4 Å². The van der Waals surface area contributed by atoms with Crippen LogP contribution >= 0.6 is 0 Å². The molecule has 44 heavy (non-hydrogen) atoms. The summed E-state index contributed by atoms with van der Waals surface area (Å²) in [7, 11) is 0. The van der Waals surface area contributed by atoms with Gasteiger partial charge >= 0.3 is 6.01 Å². The van der Waals surface area contributed by atoms with Gasteiger partial charge in [0.2, 0.25) is 0 Å². The van der Waals surface area contributed by atoms with Gasteiger partial charge in [-0.2, -0.15) is 15.1 Å². The highest BCUT2D eigenvalue weighted by Gasteiger charge is 2.49. The molecule has 9 rings (SSSR count). The number of aromatic amines is 1. The molecule has 3 atom stereocenters. The fraction of sp³-hybridized carbons (Fsp3) is 0.515. The Kier molecular flexibility index (Phi) is 6.97. The number of rotatable bonds is 3. The standard InChI is InChI=1S/C33H37F2N7O2/c1-20-12-26-24(15-37-40-26)27-23(20)7-2-3-11-43-18-21-6-4-9-41(16-21)31-25-14-36-30(27)28(35)29(25)38-32(39-31)44-19-33-8-5-10-42(33)17-22(34)13-33/h2-3,12,14-15,21-22H,4-11,13,16-19H2,1H3,(H,37,40)/b3-2+/t21-,22-,33+/m1/s1. The first-order valence-corrected chi connectivity index (χ1v) is 15.8. The summed E-state index contributed by atoms with van der Waals surface area (Å²) in [5.41, 5.74) is 3.55. The lowest BCUT2D eigenvalue weighted by Crippen LogP contribution is -2.43. The summed E-state index contributed by atoms with van der Waals surface area (Å²) < 4.78 is 43.8. The number of hydrogen-bond acceptors (Lipinski definition) is 8. The van der Waals surface area contributed by atoms with Gasteiger partial charge in [0.1, 0.15) is 29.8 Å². The van der Waals surface area contributed by atoms with Crippen LogP contribution in [-0.2, 0) is 11.2 Å². The van der Waals surface area contributed by atoms with Crippen molar-refractivity contribution in [2.24, 2.45) is 5.92 Å². The van der Waals surface area contributed by atoms with Crippen molar-refractivity contribution in [2.75, 3.05) is 50.9 Å². The van der Waals surface area contributed by atoms with Crippen molar-refractivity contribution in [3.8, 4) is 17.3 Å². The number of nitrogens with one attached hydrogen (secondary N) is 1. The molecular weight excluding hydrogens is 564 g/mol. The van der Waals surface area contributed by atoms with Gasteiger partial charge in [-0.3, -0.25) is 15.0 Å².